The minimum atomic E-state index is -0.390. The number of anilines is 1. The Morgan fingerprint density at radius 1 is 1.00 bits per heavy atom. The Morgan fingerprint density at radius 2 is 1.78 bits per heavy atom. The fourth-order valence-corrected chi connectivity index (χ4v) is 3.34. The Bertz CT molecular complexity index is 1220. The lowest BCUT2D eigenvalue weighted by Gasteiger charge is -2.11. The number of hydrogen-bond acceptors (Lipinski definition) is 5. The molecule has 2 aromatic heterocycles. The number of ether oxygens (including phenoxy) is 1. The summed E-state index contributed by atoms with van der Waals surface area (Å²) in [6.07, 6.45) is 1.73. The average Bonchev–Trinajstić information content (AvgIpc) is 3.19. The van der Waals surface area contributed by atoms with Gasteiger partial charge in [-0.2, -0.15) is 0 Å². The van der Waals surface area contributed by atoms with Gasteiger partial charge in [-0.25, -0.2) is 19.6 Å². The molecule has 0 atom stereocenters. The van der Waals surface area contributed by atoms with Crippen LogP contribution in [-0.4, -0.2) is 39.7 Å². The Labute approximate surface area is 185 Å². The summed E-state index contributed by atoms with van der Waals surface area (Å²) in [4.78, 5) is 33.2. The van der Waals surface area contributed by atoms with Crippen LogP contribution in [0.3, 0.4) is 0 Å². The third kappa shape index (κ3) is 4.75. The highest BCUT2D eigenvalue weighted by atomic mass is 16.5. The average molecular weight is 429 g/mol. The molecule has 0 radical (unpaired) electrons. The minimum absolute atomic E-state index is 0.314. The van der Waals surface area contributed by atoms with E-state index in [0.29, 0.717) is 30.9 Å². The number of nitrogens with zero attached hydrogens (tertiary/aromatic N) is 3. The van der Waals surface area contributed by atoms with Crippen LogP contribution in [0, 0.1) is 0 Å². The zero-order chi connectivity index (χ0) is 22.3. The van der Waals surface area contributed by atoms with Crippen molar-refractivity contribution >= 4 is 28.9 Å². The summed E-state index contributed by atoms with van der Waals surface area (Å²) in [6, 6.07) is 19.9. The predicted molar refractivity (Wildman–Crippen MR) is 122 cm³/mol. The summed E-state index contributed by atoms with van der Waals surface area (Å²) >= 11 is 0. The van der Waals surface area contributed by atoms with E-state index >= 15 is 0 Å². The first kappa shape index (κ1) is 21.0. The number of amides is 2. The number of carbonyl (C=O) groups is 2. The predicted octanol–water partition coefficient (Wildman–Crippen LogP) is 4.10. The number of pyridine rings is 1. The quantitative estimate of drug-likeness (QED) is 0.431. The van der Waals surface area contributed by atoms with E-state index < -0.39 is 0 Å². The van der Waals surface area contributed by atoms with Crippen LogP contribution in [0.2, 0.25) is 0 Å². The molecule has 0 aliphatic rings. The standard InChI is InChI=1S/C24H23N5O3/c1-2-32-23(30)18-10-12-19(13-11-18)27-24(31)26-15-16-29-21(17-7-4-3-5-8-17)28-20-9-6-14-25-22(20)29/h3-14H,2,15-16H2,1H3,(H2,26,27,31). The molecule has 2 amide bonds. The lowest BCUT2D eigenvalue weighted by Crippen LogP contribution is -2.31. The zero-order valence-electron chi connectivity index (χ0n) is 17.6. The van der Waals surface area contributed by atoms with Gasteiger partial charge in [0, 0.05) is 30.5 Å². The van der Waals surface area contributed by atoms with Crippen molar-refractivity contribution in [1.82, 2.24) is 19.9 Å². The summed E-state index contributed by atoms with van der Waals surface area (Å²) in [5.74, 6) is 0.412. The largest absolute Gasteiger partial charge is 0.462 e. The lowest BCUT2D eigenvalue weighted by molar-refractivity contribution is 0.0526. The first-order chi connectivity index (χ1) is 15.7. The number of benzene rings is 2. The molecule has 0 fully saturated rings. The van der Waals surface area contributed by atoms with E-state index in [0.717, 1.165) is 22.6 Å². The Balaban J connectivity index is 1.40. The number of hydrogen-bond donors (Lipinski definition) is 2. The first-order valence-electron chi connectivity index (χ1n) is 10.3. The SMILES string of the molecule is CCOC(=O)c1ccc(NC(=O)NCCn2c(-c3ccccc3)nc3cccnc32)cc1. The van der Waals surface area contributed by atoms with Crippen molar-refractivity contribution in [2.24, 2.45) is 0 Å². The molecule has 2 N–H and O–H groups in total. The number of fused-ring (bicyclic) bond motifs is 1. The molecule has 2 heterocycles. The van der Waals surface area contributed by atoms with Gasteiger partial charge in [0.1, 0.15) is 11.3 Å². The second-order valence-electron chi connectivity index (χ2n) is 6.98. The summed E-state index contributed by atoms with van der Waals surface area (Å²) < 4.78 is 6.96. The van der Waals surface area contributed by atoms with Crippen LogP contribution in [-0.2, 0) is 11.3 Å². The number of urea groups is 1. The fourth-order valence-electron chi connectivity index (χ4n) is 3.34. The second-order valence-corrected chi connectivity index (χ2v) is 6.98. The maximum atomic E-state index is 12.3. The van der Waals surface area contributed by atoms with Gasteiger partial charge < -0.3 is 19.9 Å². The topological polar surface area (TPSA) is 98.1 Å². The third-order valence-electron chi connectivity index (χ3n) is 4.81. The highest BCUT2D eigenvalue weighted by molar-refractivity contribution is 5.92. The molecule has 0 spiro atoms. The molecule has 8 nitrogen and oxygen atoms in total. The molecule has 0 saturated heterocycles. The van der Waals surface area contributed by atoms with Crippen molar-refractivity contribution in [3.05, 3.63) is 78.5 Å². The molecular formula is C24H23N5O3. The molecule has 4 aromatic rings. The van der Waals surface area contributed by atoms with E-state index in [-0.39, 0.29) is 12.0 Å². The van der Waals surface area contributed by atoms with Crippen molar-refractivity contribution < 1.29 is 14.3 Å². The number of rotatable bonds is 7. The van der Waals surface area contributed by atoms with Crippen molar-refractivity contribution in [3.8, 4) is 11.4 Å². The van der Waals surface area contributed by atoms with Gasteiger partial charge in [0.15, 0.2) is 5.65 Å². The molecule has 0 unspecified atom stereocenters. The Hall–Kier alpha value is -4.20. The summed E-state index contributed by atoms with van der Waals surface area (Å²) in [5, 5.41) is 5.61. The van der Waals surface area contributed by atoms with Gasteiger partial charge in [0.2, 0.25) is 0 Å². The maximum Gasteiger partial charge on any atom is 0.338 e. The van der Waals surface area contributed by atoms with Crippen molar-refractivity contribution in [1.29, 1.82) is 0 Å². The van der Waals surface area contributed by atoms with Crippen molar-refractivity contribution in [2.75, 3.05) is 18.5 Å². The maximum absolute atomic E-state index is 12.3. The minimum Gasteiger partial charge on any atom is -0.462 e. The normalized spacial score (nSPS) is 10.7. The zero-order valence-corrected chi connectivity index (χ0v) is 17.6. The monoisotopic (exact) mass is 429 g/mol. The van der Waals surface area contributed by atoms with Crippen LogP contribution in [0.15, 0.2) is 72.9 Å². The molecule has 2 aromatic carbocycles. The van der Waals surface area contributed by atoms with Crippen LogP contribution >= 0.6 is 0 Å². The van der Waals surface area contributed by atoms with Crippen LogP contribution in [0.5, 0.6) is 0 Å². The summed E-state index contributed by atoms with van der Waals surface area (Å²) in [7, 11) is 0. The summed E-state index contributed by atoms with van der Waals surface area (Å²) in [6.45, 7) is 2.96. The fraction of sp³-hybridized carbons (Fsp3) is 0.167. The van der Waals surface area contributed by atoms with Crippen molar-refractivity contribution in [3.63, 3.8) is 0 Å². The van der Waals surface area contributed by atoms with Gasteiger partial charge in [0.25, 0.3) is 0 Å². The molecule has 4 rings (SSSR count). The number of carbonyl (C=O) groups excluding carboxylic acids is 2. The Morgan fingerprint density at radius 3 is 2.53 bits per heavy atom. The molecular weight excluding hydrogens is 406 g/mol. The van der Waals surface area contributed by atoms with Gasteiger partial charge in [-0.15, -0.1) is 0 Å². The molecule has 0 bridgehead atoms. The van der Waals surface area contributed by atoms with E-state index in [2.05, 4.69) is 15.6 Å². The van der Waals surface area contributed by atoms with Gasteiger partial charge in [0.05, 0.1) is 12.2 Å². The first-order valence-corrected chi connectivity index (χ1v) is 10.3. The lowest BCUT2D eigenvalue weighted by atomic mass is 10.2. The number of nitrogens with one attached hydrogen (secondary N) is 2. The summed E-state index contributed by atoms with van der Waals surface area (Å²) in [5.41, 5.74) is 3.57. The van der Waals surface area contributed by atoms with E-state index in [1.807, 2.05) is 47.0 Å². The molecule has 32 heavy (non-hydrogen) atoms. The van der Waals surface area contributed by atoms with E-state index in [1.165, 1.54) is 0 Å². The number of aromatic nitrogens is 3. The Kier molecular flexibility index (Phi) is 6.41. The van der Waals surface area contributed by atoms with Crippen LogP contribution in [0.25, 0.3) is 22.6 Å². The van der Waals surface area contributed by atoms with Gasteiger partial charge in [-0.3, -0.25) is 0 Å². The van der Waals surface area contributed by atoms with E-state index in [9.17, 15) is 9.59 Å². The molecule has 0 saturated carbocycles. The third-order valence-corrected chi connectivity index (χ3v) is 4.81. The van der Waals surface area contributed by atoms with E-state index in [1.54, 1.807) is 37.4 Å². The van der Waals surface area contributed by atoms with Gasteiger partial charge in [-0.1, -0.05) is 30.3 Å². The second kappa shape index (κ2) is 9.74. The number of esters is 1. The van der Waals surface area contributed by atoms with Crippen LogP contribution in [0.4, 0.5) is 10.5 Å². The molecule has 162 valence electrons. The molecule has 0 aliphatic heterocycles. The highest BCUT2D eigenvalue weighted by Crippen LogP contribution is 2.23. The smallest absolute Gasteiger partial charge is 0.338 e. The van der Waals surface area contributed by atoms with Gasteiger partial charge >= 0.3 is 12.0 Å². The van der Waals surface area contributed by atoms with Crippen molar-refractivity contribution in [2.45, 2.75) is 13.5 Å². The highest BCUT2D eigenvalue weighted by Gasteiger charge is 2.13. The van der Waals surface area contributed by atoms with Gasteiger partial charge in [-0.05, 0) is 43.3 Å². The molecule has 8 heteroatoms. The van der Waals surface area contributed by atoms with Crippen LogP contribution in [0.1, 0.15) is 17.3 Å². The van der Waals surface area contributed by atoms with Crippen LogP contribution < -0.4 is 10.6 Å². The van der Waals surface area contributed by atoms with E-state index in [4.69, 9.17) is 9.72 Å². The number of imidazole rings is 1. The molecule has 0 aliphatic carbocycles.